The Morgan fingerprint density at radius 1 is 0.613 bits per heavy atom. The Morgan fingerprint density at radius 3 is 1.71 bits per heavy atom. The third-order valence-corrected chi connectivity index (χ3v) is 5.17. The molecule has 4 heteroatoms. The van der Waals surface area contributed by atoms with Crippen LogP contribution in [0, 0.1) is 0 Å². The molecule has 0 aromatic heterocycles. The molecule has 4 nitrogen and oxygen atoms in total. The lowest BCUT2D eigenvalue weighted by Crippen LogP contribution is -2.38. The van der Waals surface area contributed by atoms with Gasteiger partial charge in [-0.15, -0.1) is 0 Å². The molecule has 0 heterocycles. The van der Waals surface area contributed by atoms with Crippen LogP contribution < -0.4 is 11.1 Å². The first-order valence-electron chi connectivity index (χ1n) is 10.0. The van der Waals surface area contributed by atoms with E-state index in [9.17, 15) is 9.59 Å². The number of hydrogen-bond acceptors (Lipinski definition) is 2. The summed E-state index contributed by atoms with van der Waals surface area (Å²) in [7, 11) is 0. The zero-order valence-electron chi connectivity index (χ0n) is 16.9. The standard InChI is InChI=1S/C27H22N2O2/c28-26(30)25(23-17-9-7-15-21(23)19-11-3-1-4-12-19)29-27(31)24-18-10-8-16-22(24)20-13-5-2-6-14-20/h1-18,25H,(H2,28,30)(H,29,31). The van der Waals surface area contributed by atoms with Crippen LogP contribution in [0.1, 0.15) is 22.0 Å². The summed E-state index contributed by atoms with van der Waals surface area (Å²) in [5.74, 6) is -0.972. The highest BCUT2D eigenvalue weighted by molar-refractivity contribution is 6.03. The summed E-state index contributed by atoms with van der Waals surface area (Å²) >= 11 is 0. The minimum atomic E-state index is -0.965. The lowest BCUT2D eigenvalue weighted by Gasteiger charge is -2.20. The molecular formula is C27H22N2O2. The highest BCUT2D eigenvalue weighted by Gasteiger charge is 2.25. The molecule has 0 aliphatic heterocycles. The highest BCUT2D eigenvalue weighted by atomic mass is 16.2. The van der Waals surface area contributed by atoms with Crippen molar-refractivity contribution in [2.75, 3.05) is 0 Å². The summed E-state index contributed by atoms with van der Waals surface area (Å²) in [6, 6.07) is 33.2. The number of hydrogen-bond donors (Lipinski definition) is 2. The maximum absolute atomic E-state index is 13.3. The van der Waals surface area contributed by atoms with Crippen LogP contribution in [0.25, 0.3) is 22.3 Å². The SMILES string of the molecule is NC(=O)C(NC(=O)c1ccccc1-c1ccccc1)c1ccccc1-c1ccccc1. The molecule has 1 atom stereocenters. The molecule has 0 saturated carbocycles. The number of carbonyl (C=O) groups is 2. The topological polar surface area (TPSA) is 72.2 Å². The predicted molar refractivity (Wildman–Crippen MR) is 123 cm³/mol. The zero-order valence-corrected chi connectivity index (χ0v) is 16.9. The van der Waals surface area contributed by atoms with Crippen LogP contribution in [-0.4, -0.2) is 11.8 Å². The molecule has 2 amide bonds. The summed E-state index contributed by atoms with van der Waals surface area (Å²) in [5, 5.41) is 2.86. The molecule has 4 aromatic carbocycles. The molecule has 3 N–H and O–H groups in total. The van der Waals surface area contributed by atoms with Crippen molar-refractivity contribution < 1.29 is 9.59 Å². The van der Waals surface area contributed by atoms with Crippen molar-refractivity contribution >= 4 is 11.8 Å². The van der Waals surface area contributed by atoms with Crippen LogP contribution in [0.4, 0.5) is 0 Å². The van der Waals surface area contributed by atoms with Crippen LogP contribution in [0.3, 0.4) is 0 Å². The molecule has 4 aromatic rings. The Balaban J connectivity index is 1.71. The fourth-order valence-electron chi connectivity index (χ4n) is 3.69. The summed E-state index contributed by atoms with van der Waals surface area (Å²) in [5.41, 5.74) is 10.4. The van der Waals surface area contributed by atoms with E-state index in [1.165, 1.54) is 0 Å². The second-order valence-corrected chi connectivity index (χ2v) is 7.17. The van der Waals surface area contributed by atoms with E-state index in [1.807, 2.05) is 97.1 Å². The largest absolute Gasteiger partial charge is 0.368 e. The van der Waals surface area contributed by atoms with Gasteiger partial charge < -0.3 is 11.1 Å². The van der Waals surface area contributed by atoms with Gasteiger partial charge in [0, 0.05) is 5.56 Å². The molecule has 4 rings (SSSR count). The number of amides is 2. The Labute approximate surface area is 181 Å². The molecule has 0 bridgehead atoms. The lowest BCUT2D eigenvalue weighted by molar-refractivity contribution is -0.119. The van der Waals surface area contributed by atoms with Gasteiger partial charge in [-0.3, -0.25) is 9.59 Å². The number of rotatable bonds is 6. The van der Waals surface area contributed by atoms with E-state index in [2.05, 4.69) is 5.32 Å². The van der Waals surface area contributed by atoms with E-state index >= 15 is 0 Å². The normalized spacial score (nSPS) is 11.5. The van der Waals surface area contributed by atoms with Gasteiger partial charge in [0.25, 0.3) is 5.91 Å². The molecule has 1 unspecified atom stereocenters. The first kappa shape index (κ1) is 20.1. The van der Waals surface area contributed by atoms with E-state index < -0.39 is 11.9 Å². The predicted octanol–water partition coefficient (Wildman–Crippen LogP) is 4.98. The van der Waals surface area contributed by atoms with Crippen LogP contribution >= 0.6 is 0 Å². The van der Waals surface area contributed by atoms with Crippen molar-refractivity contribution in [2.45, 2.75) is 6.04 Å². The van der Waals surface area contributed by atoms with Crippen LogP contribution in [0.2, 0.25) is 0 Å². The lowest BCUT2D eigenvalue weighted by atomic mass is 9.93. The van der Waals surface area contributed by atoms with Crippen molar-refractivity contribution in [3.8, 4) is 22.3 Å². The molecule has 0 aliphatic rings. The maximum Gasteiger partial charge on any atom is 0.252 e. The first-order chi connectivity index (χ1) is 15.1. The third-order valence-electron chi connectivity index (χ3n) is 5.17. The van der Waals surface area contributed by atoms with Crippen LogP contribution in [0.5, 0.6) is 0 Å². The van der Waals surface area contributed by atoms with Crippen molar-refractivity contribution in [1.82, 2.24) is 5.32 Å². The minimum absolute atomic E-state index is 0.355. The van der Waals surface area contributed by atoms with E-state index in [0.717, 1.165) is 22.3 Å². The maximum atomic E-state index is 13.3. The quantitative estimate of drug-likeness (QED) is 0.474. The third kappa shape index (κ3) is 4.38. The molecule has 0 saturated heterocycles. The second-order valence-electron chi connectivity index (χ2n) is 7.17. The Kier molecular flexibility index (Phi) is 5.90. The molecule has 0 spiro atoms. The van der Waals surface area contributed by atoms with Gasteiger partial charge >= 0.3 is 0 Å². The number of primary amides is 1. The van der Waals surface area contributed by atoms with E-state index in [0.29, 0.717) is 11.1 Å². The van der Waals surface area contributed by atoms with Crippen LogP contribution in [-0.2, 0) is 4.79 Å². The Bertz CT molecular complexity index is 1200. The summed E-state index contributed by atoms with van der Waals surface area (Å²) < 4.78 is 0. The molecule has 152 valence electrons. The molecule has 31 heavy (non-hydrogen) atoms. The zero-order chi connectivity index (χ0) is 21.6. The Morgan fingerprint density at radius 2 is 1.10 bits per heavy atom. The van der Waals surface area contributed by atoms with Gasteiger partial charge in [0.2, 0.25) is 5.91 Å². The van der Waals surface area contributed by atoms with Crippen molar-refractivity contribution in [1.29, 1.82) is 0 Å². The van der Waals surface area contributed by atoms with Gasteiger partial charge in [-0.25, -0.2) is 0 Å². The molecule has 0 radical (unpaired) electrons. The first-order valence-corrected chi connectivity index (χ1v) is 10.0. The van der Waals surface area contributed by atoms with Gasteiger partial charge in [0.05, 0.1) is 0 Å². The Hall–Kier alpha value is -4.18. The van der Waals surface area contributed by atoms with Gasteiger partial charge in [-0.05, 0) is 33.9 Å². The second kappa shape index (κ2) is 9.09. The number of benzene rings is 4. The fraction of sp³-hybridized carbons (Fsp3) is 0.0370. The molecule has 0 aliphatic carbocycles. The van der Waals surface area contributed by atoms with Crippen molar-refractivity contribution in [3.63, 3.8) is 0 Å². The van der Waals surface area contributed by atoms with E-state index in [4.69, 9.17) is 5.73 Å². The monoisotopic (exact) mass is 406 g/mol. The number of nitrogens with one attached hydrogen (secondary N) is 1. The molecular weight excluding hydrogens is 384 g/mol. The number of carbonyl (C=O) groups excluding carboxylic acids is 2. The van der Waals surface area contributed by atoms with Crippen molar-refractivity contribution in [2.24, 2.45) is 5.73 Å². The average molecular weight is 406 g/mol. The minimum Gasteiger partial charge on any atom is -0.368 e. The fourth-order valence-corrected chi connectivity index (χ4v) is 3.69. The summed E-state index contributed by atoms with van der Waals surface area (Å²) in [6.45, 7) is 0. The molecule has 0 fully saturated rings. The average Bonchev–Trinajstić information content (AvgIpc) is 2.83. The summed E-state index contributed by atoms with van der Waals surface area (Å²) in [4.78, 5) is 25.7. The van der Waals surface area contributed by atoms with Gasteiger partial charge in [-0.1, -0.05) is 103 Å². The van der Waals surface area contributed by atoms with Crippen LogP contribution in [0.15, 0.2) is 109 Å². The number of nitrogens with two attached hydrogens (primary N) is 1. The van der Waals surface area contributed by atoms with E-state index in [1.54, 1.807) is 12.1 Å². The van der Waals surface area contributed by atoms with E-state index in [-0.39, 0.29) is 5.91 Å². The smallest absolute Gasteiger partial charge is 0.252 e. The van der Waals surface area contributed by atoms with Gasteiger partial charge in [0.1, 0.15) is 6.04 Å². The van der Waals surface area contributed by atoms with Crippen molar-refractivity contribution in [3.05, 3.63) is 120 Å². The van der Waals surface area contributed by atoms with Gasteiger partial charge in [-0.2, -0.15) is 0 Å². The van der Waals surface area contributed by atoms with Gasteiger partial charge in [0.15, 0.2) is 0 Å². The summed E-state index contributed by atoms with van der Waals surface area (Å²) in [6.07, 6.45) is 0. The highest BCUT2D eigenvalue weighted by Crippen LogP contribution is 2.29.